The normalized spacial score (nSPS) is 12.2. The second kappa shape index (κ2) is 10.0. The van der Waals surface area contributed by atoms with Gasteiger partial charge in [0.2, 0.25) is 0 Å². The van der Waals surface area contributed by atoms with Gasteiger partial charge in [0.05, 0.1) is 17.7 Å². The first-order valence-electron chi connectivity index (χ1n) is 9.71. The number of aromatic carboxylic acids is 1. The highest BCUT2D eigenvalue weighted by molar-refractivity contribution is 5.89. The van der Waals surface area contributed by atoms with Gasteiger partial charge in [0.1, 0.15) is 6.29 Å². The van der Waals surface area contributed by atoms with Gasteiger partial charge in [-0.25, -0.2) is 9.59 Å². The van der Waals surface area contributed by atoms with E-state index in [1.54, 1.807) is 36.4 Å². The lowest BCUT2D eigenvalue weighted by atomic mass is 9.93. The van der Waals surface area contributed by atoms with Crippen molar-refractivity contribution in [2.45, 2.75) is 40.0 Å². The molecule has 0 saturated carbocycles. The molecular formula is C24H28O5. The molecule has 0 saturated heterocycles. The fourth-order valence-corrected chi connectivity index (χ4v) is 2.83. The molecule has 0 aliphatic heterocycles. The molecule has 0 heterocycles. The molecule has 0 aliphatic rings. The molecule has 1 N–H and O–H groups in total. The average molecular weight is 396 g/mol. The Labute approximate surface area is 171 Å². The van der Waals surface area contributed by atoms with Gasteiger partial charge in [0.25, 0.3) is 0 Å². The summed E-state index contributed by atoms with van der Waals surface area (Å²) < 4.78 is 5.31. The number of carbonyl (C=O) groups is 3. The smallest absolute Gasteiger partial charge is 0.338 e. The summed E-state index contributed by atoms with van der Waals surface area (Å²) in [7, 11) is 0. The predicted octanol–water partition coefficient (Wildman–Crippen LogP) is 4.58. The number of esters is 1. The highest BCUT2D eigenvalue weighted by Gasteiger charge is 2.15. The molecule has 2 aromatic rings. The Morgan fingerprint density at radius 2 is 1.52 bits per heavy atom. The van der Waals surface area contributed by atoms with Crippen molar-refractivity contribution in [2.24, 2.45) is 11.3 Å². The molecule has 0 aromatic heterocycles. The molecule has 2 aromatic carbocycles. The van der Waals surface area contributed by atoms with E-state index in [2.05, 4.69) is 0 Å². The maximum atomic E-state index is 12.1. The molecule has 154 valence electrons. The van der Waals surface area contributed by atoms with Gasteiger partial charge in [-0.15, -0.1) is 0 Å². The van der Waals surface area contributed by atoms with Crippen LogP contribution in [-0.2, 0) is 22.4 Å². The lowest BCUT2D eigenvalue weighted by molar-refractivity contribution is -0.111. The Bertz CT molecular complexity index is 829. The van der Waals surface area contributed by atoms with Crippen molar-refractivity contribution in [2.75, 3.05) is 6.61 Å². The Balaban J connectivity index is 1.89. The third-order valence-electron chi connectivity index (χ3n) is 4.52. The number of ether oxygens (including phenoxy) is 1. The molecule has 0 bridgehead atoms. The van der Waals surface area contributed by atoms with Crippen LogP contribution in [0.15, 0.2) is 48.5 Å². The largest absolute Gasteiger partial charge is 0.478 e. The summed E-state index contributed by atoms with van der Waals surface area (Å²) in [6, 6.07) is 13.9. The lowest BCUT2D eigenvalue weighted by Gasteiger charge is -2.17. The van der Waals surface area contributed by atoms with E-state index in [1.807, 2.05) is 32.9 Å². The minimum atomic E-state index is -0.951. The number of carboxylic acids is 1. The summed E-state index contributed by atoms with van der Waals surface area (Å²) in [4.78, 5) is 34.5. The molecule has 2 rings (SSSR count). The van der Waals surface area contributed by atoms with E-state index in [4.69, 9.17) is 9.84 Å². The molecule has 1 unspecified atom stereocenters. The van der Waals surface area contributed by atoms with Crippen LogP contribution in [0.5, 0.6) is 0 Å². The maximum absolute atomic E-state index is 12.1. The van der Waals surface area contributed by atoms with Crippen LogP contribution in [0.25, 0.3) is 0 Å². The number of aryl methyl sites for hydroxylation is 1. The van der Waals surface area contributed by atoms with E-state index in [1.165, 1.54) is 0 Å². The number of rotatable bonds is 9. The van der Waals surface area contributed by atoms with Crippen molar-refractivity contribution < 1.29 is 24.2 Å². The SMILES string of the molecule is CC(C)(C)COC(=O)c1ccc(CC(C=O)CCc2ccc(C(=O)O)cc2)cc1. The summed E-state index contributed by atoms with van der Waals surface area (Å²) >= 11 is 0. The van der Waals surface area contributed by atoms with Gasteiger partial charge in [-0.05, 0) is 60.1 Å². The molecule has 0 amide bonds. The third-order valence-corrected chi connectivity index (χ3v) is 4.52. The van der Waals surface area contributed by atoms with Crippen LogP contribution in [0.1, 0.15) is 59.0 Å². The highest BCUT2D eigenvalue weighted by atomic mass is 16.5. The zero-order valence-corrected chi connectivity index (χ0v) is 17.2. The minimum absolute atomic E-state index is 0.0826. The summed E-state index contributed by atoms with van der Waals surface area (Å²) in [5.41, 5.74) is 2.65. The first-order chi connectivity index (χ1) is 13.7. The predicted molar refractivity (Wildman–Crippen MR) is 111 cm³/mol. The molecule has 5 nitrogen and oxygen atoms in total. The van der Waals surface area contributed by atoms with E-state index < -0.39 is 5.97 Å². The molecule has 1 atom stereocenters. The van der Waals surface area contributed by atoms with Crippen molar-refractivity contribution in [3.63, 3.8) is 0 Å². The van der Waals surface area contributed by atoms with Gasteiger partial charge in [-0.3, -0.25) is 0 Å². The maximum Gasteiger partial charge on any atom is 0.338 e. The molecular weight excluding hydrogens is 368 g/mol. The van der Waals surface area contributed by atoms with E-state index in [0.717, 1.165) is 17.4 Å². The van der Waals surface area contributed by atoms with Gasteiger partial charge < -0.3 is 14.6 Å². The standard InChI is InChI=1S/C24H28O5/c1-24(2,3)16-29-23(28)21-12-8-18(9-13-21)14-19(15-25)5-4-17-6-10-20(11-7-17)22(26)27/h6-13,15,19H,4-5,14,16H2,1-3H3,(H,26,27). The molecule has 0 radical (unpaired) electrons. The summed E-state index contributed by atoms with van der Waals surface area (Å²) in [6.07, 6.45) is 2.91. The average Bonchev–Trinajstić information content (AvgIpc) is 2.69. The van der Waals surface area contributed by atoms with Crippen LogP contribution >= 0.6 is 0 Å². The van der Waals surface area contributed by atoms with Gasteiger partial charge in [0, 0.05) is 5.92 Å². The van der Waals surface area contributed by atoms with Crippen LogP contribution in [0.3, 0.4) is 0 Å². The van der Waals surface area contributed by atoms with E-state index in [9.17, 15) is 14.4 Å². The number of aldehydes is 1. The third kappa shape index (κ3) is 7.53. The number of carbonyl (C=O) groups excluding carboxylic acids is 2. The Morgan fingerprint density at radius 1 is 0.966 bits per heavy atom. The summed E-state index contributed by atoms with van der Waals surface area (Å²) in [5.74, 6) is -1.44. The zero-order valence-electron chi connectivity index (χ0n) is 17.2. The fourth-order valence-electron chi connectivity index (χ4n) is 2.83. The van der Waals surface area contributed by atoms with Crippen molar-refractivity contribution in [3.8, 4) is 0 Å². The van der Waals surface area contributed by atoms with Gasteiger partial charge in [0.15, 0.2) is 0 Å². The second-order valence-electron chi connectivity index (χ2n) is 8.47. The number of hydrogen-bond acceptors (Lipinski definition) is 4. The van der Waals surface area contributed by atoms with Gasteiger partial charge in [-0.1, -0.05) is 45.0 Å². The Kier molecular flexibility index (Phi) is 7.71. The number of hydrogen-bond donors (Lipinski definition) is 1. The van der Waals surface area contributed by atoms with Crippen LogP contribution in [0.2, 0.25) is 0 Å². The van der Waals surface area contributed by atoms with Crippen LogP contribution < -0.4 is 0 Å². The molecule has 0 aliphatic carbocycles. The van der Waals surface area contributed by atoms with E-state index >= 15 is 0 Å². The van der Waals surface area contributed by atoms with Crippen molar-refractivity contribution in [1.82, 2.24) is 0 Å². The first kappa shape index (κ1) is 22.3. The summed E-state index contributed by atoms with van der Waals surface area (Å²) in [5, 5.41) is 8.94. The number of benzene rings is 2. The Morgan fingerprint density at radius 3 is 2.03 bits per heavy atom. The minimum Gasteiger partial charge on any atom is -0.478 e. The number of carboxylic acid groups (broad SMARTS) is 1. The topological polar surface area (TPSA) is 80.7 Å². The summed E-state index contributed by atoms with van der Waals surface area (Å²) in [6.45, 7) is 6.37. The van der Waals surface area contributed by atoms with E-state index in [-0.39, 0.29) is 22.9 Å². The van der Waals surface area contributed by atoms with Crippen molar-refractivity contribution in [3.05, 3.63) is 70.8 Å². The molecule has 0 spiro atoms. The zero-order chi connectivity index (χ0) is 21.4. The quantitative estimate of drug-likeness (QED) is 0.496. The van der Waals surface area contributed by atoms with Gasteiger partial charge >= 0.3 is 11.9 Å². The first-order valence-corrected chi connectivity index (χ1v) is 9.71. The second-order valence-corrected chi connectivity index (χ2v) is 8.47. The van der Waals surface area contributed by atoms with Gasteiger partial charge in [-0.2, -0.15) is 0 Å². The van der Waals surface area contributed by atoms with Crippen molar-refractivity contribution >= 4 is 18.2 Å². The van der Waals surface area contributed by atoms with Crippen LogP contribution in [-0.4, -0.2) is 29.9 Å². The molecule has 5 heteroatoms. The molecule has 0 fully saturated rings. The van der Waals surface area contributed by atoms with Crippen molar-refractivity contribution in [1.29, 1.82) is 0 Å². The van der Waals surface area contributed by atoms with E-state index in [0.29, 0.717) is 31.4 Å². The fraction of sp³-hybridized carbons (Fsp3) is 0.375. The molecule has 29 heavy (non-hydrogen) atoms. The van der Waals surface area contributed by atoms with Crippen LogP contribution in [0.4, 0.5) is 0 Å². The highest BCUT2D eigenvalue weighted by Crippen LogP contribution is 2.17. The van der Waals surface area contributed by atoms with Crippen LogP contribution in [0, 0.1) is 11.3 Å². The Hall–Kier alpha value is -2.95. The lowest BCUT2D eigenvalue weighted by Crippen LogP contribution is -2.18. The monoisotopic (exact) mass is 396 g/mol.